The van der Waals surface area contributed by atoms with E-state index in [-0.39, 0.29) is 36.2 Å². The number of hydrogen-bond donors (Lipinski definition) is 2. The van der Waals surface area contributed by atoms with Crippen molar-refractivity contribution in [2.75, 3.05) is 24.9 Å². The first-order valence-electron chi connectivity index (χ1n) is 15.6. The number of anilines is 2. The molecule has 2 aromatic rings. The molecule has 4 bridgehead atoms. The SMILES string of the molecule is COc1cc(-c2ccc(NC(=O)[C@@]34CC[C@](C)(C(=O)C3)C4(C)C)c(OC)c2)ccc1NC(=O)[C@]12CC[C@@](C)(C(=O)C1)C2(C)C. The quantitative estimate of drug-likeness (QED) is 0.361. The highest BCUT2D eigenvalue weighted by atomic mass is 16.5. The number of hydrogen-bond acceptors (Lipinski definition) is 6. The molecule has 8 nitrogen and oxygen atoms in total. The third-order valence-electron chi connectivity index (χ3n) is 13.5. The Kier molecular flexibility index (Phi) is 6.49. The third-order valence-corrected chi connectivity index (χ3v) is 13.5. The van der Waals surface area contributed by atoms with Gasteiger partial charge in [-0.15, -0.1) is 0 Å². The van der Waals surface area contributed by atoms with Crippen molar-refractivity contribution in [3.05, 3.63) is 36.4 Å². The number of rotatable bonds is 7. The van der Waals surface area contributed by atoms with E-state index < -0.39 is 32.5 Å². The first kappa shape index (κ1) is 30.4. The lowest BCUT2D eigenvalue weighted by atomic mass is 9.64. The number of methoxy groups -OCH3 is 2. The fourth-order valence-corrected chi connectivity index (χ4v) is 9.15. The van der Waals surface area contributed by atoms with Crippen LogP contribution in [0.4, 0.5) is 11.4 Å². The van der Waals surface area contributed by atoms with Gasteiger partial charge in [-0.2, -0.15) is 0 Å². The molecule has 4 aliphatic carbocycles. The van der Waals surface area contributed by atoms with Gasteiger partial charge in [-0.1, -0.05) is 53.7 Å². The van der Waals surface area contributed by atoms with E-state index >= 15 is 0 Å². The molecule has 4 saturated carbocycles. The molecule has 0 radical (unpaired) electrons. The molecule has 4 atom stereocenters. The maximum atomic E-state index is 13.8. The second-order valence-electron chi connectivity index (χ2n) is 15.0. The second kappa shape index (κ2) is 9.41. The molecular formula is C36H44N2O6. The van der Waals surface area contributed by atoms with Crippen molar-refractivity contribution in [2.45, 2.75) is 80.1 Å². The van der Waals surface area contributed by atoms with E-state index in [1.165, 1.54) is 0 Å². The maximum absolute atomic E-state index is 13.8. The number of benzene rings is 2. The van der Waals surface area contributed by atoms with Gasteiger partial charge in [0.05, 0.1) is 36.4 Å². The predicted octanol–water partition coefficient (Wildman–Crippen LogP) is 6.82. The summed E-state index contributed by atoms with van der Waals surface area (Å²) < 4.78 is 11.4. The number of fused-ring (bicyclic) bond motifs is 4. The molecule has 2 amide bonds. The Labute approximate surface area is 259 Å². The highest BCUT2D eigenvalue weighted by molar-refractivity contribution is 6.06. The number of nitrogens with one attached hydrogen (secondary N) is 2. The zero-order valence-corrected chi connectivity index (χ0v) is 27.2. The Morgan fingerprint density at radius 3 is 1.25 bits per heavy atom. The van der Waals surface area contributed by atoms with Crippen molar-refractivity contribution in [2.24, 2.45) is 32.5 Å². The molecule has 2 N–H and O–H groups in total. The molecule has 0 unspecified atom stereocenters. The highest BCUT2D eigenvalue weighted by Gasteiger charge is 2.73. The molecule has 44 heavy (non-hydrogen) atoms. The molecule has 8 heteroatoms. The van der Waals surface area contributed by atoms with Crippen LogP contribution in [-0.4, -0.2) is 37.6 Å². The van der Waals surface area contributed by atoms with Crippen molar-refractivity contribution in [1.82, 2.24) is 0 Å². The minimum atomic E-state index is -0.742. The number of Topliss-reactive ketones (excluding diaryl/α,β-unsaturated/α-hetero) is 2. The van der Waals surface area contributed by atoms with E-state index in [9.17, 15) is 19.2 Å². The van der Waals surface area contributed by atoms with Gasteiger partial charge in [0.25, 0.3) is 0 Å². The van der Waals surface area contributed by atoms with E-state index in [1.54, 1.807) is 14.2 Å². The lowest BCUT2D eigenvalue weighted by molar-refractivity contribution is -0.131. The van der Waals surface area contributed by atoms with Crippen LogP contribution in [0.2, 0.25) is 0 Å². The molecule has 0 heterocycles. The van der Waals surface area contributed by atoms with Crippen molar-refractivity contribution in [3.8, 4) is 22.6 Å². The first-order valence-corrected chi connectivity index (χ1v) is 15.6. The molecule has 0 spiro atoms. The lowest BCUT2D eigenvalue weighted by Gasteiger charge is -2.38. The van der Waals surface area contributed by atoms with Gasteiger partial charge in [-0.05, 0) is 71.9 Å². The highest BCUT2D eigenvalue weighted by Crippen LogP contribution is 2.72. The number of ether oxygens (including phenoxy) is 2. The fourth-order valence-electron chi connectivity index (χ4n) is 9.15. The summed E-state index contributed by atoms with van der Waals surface area (Å²) >= 11 is 0. The number of amides is 2. The summed E-state index contributed by atoms with van der Waals surface area (Å²) in [7, 11) is 3.12. The van der Waals surface area contributed by atoms with E-state index in [0.29, 0.717) is 35.7 Å². The van der Waals surface area contributed by atoms with E-state index in [4.69, 9.17) is 9.47 Å². The molecule has 0 saturated heterocycles. The van der Waals surface area contributed by atoms with Crippen molar-refractivity contribution in [1.29, 1.82) is 0 Å². The van der Waals surface area contributed by atoms with Crippen LogP contribution in [0.15, 0.2) is 36.4 Å². The predicted molar refractivity (Wildman–Crippen MR) is 169 cm³/mol. The third kappa shape index (κ3) is 3.57. The van der Waals surface area contributed by atoms with Gasteiger partial charge in [0.2, 0.25) is 11.8 Å². The minimum absolute atomic E-state index is 0.140. The van der Waals surface area contributed by atoms with E-state index in [2.05, 4.69) is 10.6 Å². The van der Waals surface area contributed by atoms with Crippen LogP contribution in [0.3, 0.4) is 0 Å². The molecule has 2 aromatic carbocycles. The van der Waals surface area contributed by atoms with Gasteiger partial charge in [-0.25, -0.2) is 0 Å². The summed E-state index contributed by atoms with van der Waals surface area (Å²) in [4.78, 5) is 53.3. The summed E-state index contributed by atoms with van der Waals surface area (Å²) in [6.45, 7) is 12.2. The summed E-state index contributed by atoms with van der Waals surface area (Å²) in [5.41, 5.74) is -0.556. The van der Waals surface area contributed by atoms with Crippen LogP contribution < -0.4 is 20.1 Å². The average Bonchev–Trinajstić information content (AvgIpc) is 3.45. The number of carbonyl (C=O) groups excluding carboxylic acids is 4. The topological polar surface area (TPSA) is 111 Å². The van der Waals surface area contributed by atoms with Crippen molar-refractivity contribution < 1.29 is 28.7 Å². The summed E-state index contributed by atoms with van der Waals surface area (Å²) in [5.74, 6) is 1.06. The van der Waals surface area contributed by atoms with E-state index in [1.807, 2.05) is 77.9 Å². The van der Waals surface area contributed by atoms with Crippen LogP contribution in [-0.2, 0) is 19.2 Å². The van der Waals surface area contributed by atoms with Crippen LogP contribution in [0.5, 0.6) is 11.5 Å². The van der Waals surface area contributed by atoms with E-state index in [0.717, 1.165) is 24.0 Å². The van der Waals surface area contributed by atoms with Crippen molar-refractivity contribution >= 4 is 34.8 Å². The Morgan fingerprint density at radius 1 is 0.614 bits per heavy atom. The Morgan fingerprint density at radius 2 is 0.977 bits per heavy atom. The normalized spacial score (nSPS) is 32.5. The Balaban J connectivity index is 1.24. The van der Waals surface area contributed by atoms with Gasteiger partial charge in [0.1, 0.15) is 23.1 Å². The summed E-state index contributed by atoms with van der Waals surface area (Å²) in [5, 5.41) is 6.17. The molecule has 4 fully saturated rings. The largest absolute Gasteiger partial charge is 0.495 e. The van der Waals surface area contributed by atoms with Gasteiger partial charge >= 0.3 is 0 Å². The van der Waals surface area contributed by atoms with Gasteiger partial charge in [0.15, 0.2) is 0 Å². The Bertz CT molecular complexity index is 1510. The van der Waals surface area contributed by atoms with Crippen LogP contribution in [0.25, 0.3) is 11.1 Å². The Hall–Kier alpha value is -3.68. The molecule has 0 aromatic heterocycles. The summed E-state index contributed by atoms with van der Waals surface area (Å²) in [6.07, 6.45) is 3.34. The average molecular weight is 601 g/mol. The number of ketones is 2. The molecule has 234 valence electrons. The lowest BCUT2D eigenvalue weighted by Crippen LogP contribution is -2.43. The fraction of sp³-hybridized carbons (Fsp3) is 0.556. The summed E-state index contributed by atoms with van der Waals surface area (Å²) in [6, 6.07) is 11.1. The minimum Gasteiger partial charge on any atom is -0.495 e. The van der Waals surface area contributed by atoms with Gasteiger partial charge in [0, 0.05) is 23.7 Å². The molecule has 4 aliphatic rings. The number of carbonyl (C=O) groups is 4. The van der Waals surface area contributed by atoms with Gasteiger partial charge < -0.3 is 20.1 Å². The monoisotopic (exact) mass is 600 g/mol. The maximum Gasteiger partial charge on any atom is 0.231 e. The standard InChI is InChI=1S/C36H44N2O6/c1-31(2)33(5)13-15-35(31,19-27(33)39)29(41)37-23-11-9-21(17-25(23)43-7)22-10-12-24(26(18-22)44-8)38-30(42)36-16-14-34(6,28(40)20-36)32(36,3)4/h9-12,17-18H,13-16,19-20H2,1-8H3,(H,37,41)(H,38,42)/t33-,34+,35-,36+. The smallest absolute Gasteiger partial charge is 0.231 e. The van der Waals surface area contributed by atoms with Crippen LogP contribution >= 0.6 is 0 Å². The zero-order chi connectivity index (χ0) is 32.1. The van der Waals surface area contributed by atoms with Crippen molar-refractivity contribution in [3.63, 3.8) is 0 Å². The van der Waals surface area contributed by atoms with Gasteiger partial charge in [-0.3, -0.25) is 19.2 Å². The first-order chi connectivity index (χ1) is 20.5. The molecule has 0 aliphatic heterocycles. The second-order valence-corrected chi connectivity index (χ2v) is 15.0. The zero-order valence-electron chi connectivity index (χ0n) is 27.2. The van der Waals surface area contributed by atoms with Crippen LogP contribution in [0, 0.1) is 32.5 Å². The molecule has 6 rings (SSSR count). The van der Waals surface area contributed by atoms with Crippen LogP contribution in [0.1, 0.15) is 80.1 Å². The molecular weight excluding hydrogens is 556 g/mol.